The van der Waals surface area contributed by atoms with Gasteiger partial charge in [0.25, 0.3) is 0 Å². The minimum atomic E-state index is 0.0817. The van der Waals surface area contributed by atoms with E-state index in [1.807, 2.05) is 31.3 Å². The number of furan rings is 1. The third-order valence-corrected chi connectivity index (χ3v) is 3.32. The van der Waals surface area contributed by atoms with Gasteiger partial charge in [-0.2, -0.15) is 0 Å². The van der Waals surface area contributed by atoms with Crippen molar-refractivity contribution in [1.29, 1.82) is 0 Å². The molecular formula is C13H14BrNO2. The summed E-state index contributed by atoms with van der Waals surface area (Å²) in [5.41, 5.74) is 2.20. The van der Waals surface area contributed by atoms with E-state index in [9.17, 15) is 0 Å². The van der Waals surface area contributed by atoms with Crippen molar-refractivity contribution in [3.05, 3.63) is 52.4 Å². The van der Waals surface area contributed by atoms with Crippen molar-refractivity contribution >= 4 is 15.9 Å². The lowest BCUT2D eigenvalue weighted by atomic mass is 10.0. The van der Waals surface area contributed by atoms with Crippen molar-refractivity contribution in [1.82, 2.24) is 5.32 Å². The highest BCUT2D eigenvalue weighted by Gasteiger charge is 2.17. The van der Waals surface area contributed by atoms with Gasteiger partial charge in [0.15, 0.2) is 4.67 Å². The number of halogens is 1. The Hall–Kier alpha value is -1.26. The minimum Gasteiger partial charge on any atom is -0.497 e. The molecule has 1 aromatic heterocycles. The molecule has 0 fully saturated rings. The number of rotatable bonds is 4. The van der Waals surface area contributed by atoms with Crippen LogP contribution < -0.4 is 10.1 Å². The quantitative estimate of drug-likeness (QED) is 0.939. The van der Waals surface area contributed by atoms with Crippen molar-refractivity contribution in [2.45, 2.75) is 6.04 Å². The molecule has 0 spiro atoms. The maximum absolute atomic E-state index is 5.27. The molecular weight excluding hydrogens is 282 g/mol. The zero-order chi connectivity index (χ0) is 12.3. The third-order valence-electron chi connectivity index (χ3n) is 2.67. The van der Waals surface area contributed by atoms with Crippen molar-refractivity contribution in [3.8, 4) is 5.75 Å². The molecule has 1 unspecified atom stereocenters. The van der Waals surface area contributed by atoms with Gasteiger partial charge in [0.05, 0.1) is 19.4 Å². The summed E-state index contributed by atoms with van der Waals surface area (Å²) >= 11 is 3.40. The zero-order valence-corrected chi connectivity index (χ0v) is 11.3. The van der Waals surface area contributed by atoms with Crippen molar-refractivity contribution < 1.29 is 9.15 Å². The summed E-state index contributed by atoms with van der Waals surface area (Å²) in [6.07, 6.45) is 1.67. The van der Waals surface area contributed by atoms with Gasteiger partial charge in [-0.15, -0.1) is 0 Å². The number of methoxy groups -OCH3 is 1. The highest BCUT2D eigenvalue weighted by atomic mass is 79.9. The normalized spacial score (nSPS) is 12.4. The first-order valence-corrected chi connectivity index (χ1v) is 6.09. The van der Waals surface area contributed by atoms with E-state index in [2.05, 4.69) is 27.3 Å². The molecule has 0 bridgehead atoms. The zero-order valence-electron chi connectivity index (χ0n) is 9.74. The Balaban J connectivity index is 2.38. The number of ether oxygens (including phenoxy) is 1. The fourth-order valence-corrected chi connectivity index (χ4v) is 2.30. The van der Waals surface area contributed by atoms with Crippen molar-refractivity contribution in [3.63, 3.8) is 0 Å². The van der Waals surface area contributed by atoms with Crippen LogP contribution in [0.3, 0.4) is 0 Å². The van der Waals surface area contributed by atoms with Gasteiger partial charge in [-0.1, -0.05) is 12.1 Å². The van der Waals surface area contributed by atoms with Crippen molar-refractivity contribution in [2.24, 2.45) is 0 Å². The van der Waals surface area contributed by atoms with Crippen LogP contribution >= 0.6 is 15.9 Å². The van der Waals surface area contributed by atoms with Crippen LogP contribution in [0.5, 0.6) is 5.75 Å². The smallest absolute Gasteiger partial charge is 0.174 e. The monoisotopic (exact) mass is 295 g/mol. The Morgan fingerprint density at radius 2 is 2.18 bits per heavy atom. The largest absolute Gasteiger partial charge is 0.497 e. The van der Waals surface area contributed by atoms with Crippen LogP contribution in [0.4, 0.5) is 0 Å². The lowest BCUT2D eigenvalue weighted by molar-refractivity contribution is 0.413. The van der Waals surface area contributed by atoms with E-state index < -0.39 is 0 Å². The molecule has 0 saturated heterocycles. The Kier molecular flexibility index (Phi) is 3.86. The molecule has 1 heterocycles. The first kappa shape index (κ1) is 12.2. The number of nitrogens with one attached hydrogen (secondary N) is 1. The van der Waals surface area contributed by atoms with Gasteiger partial charge in [-0.05, 0) is 46.7 Å². The fraction of sp³-hybridized carbons (Fsp3) is 0.231. The molecule has 1 N–H and O–H groups in total. The second-order valence-corrected chi connectivity index (χ2v) is 4.37. The lowest BCUT2D eigenvalue weighted by Gasteiger charge is -2.16. The fourth-order valence-electron chi connectivity index (χ4n) is 1.83. The van der Waals surface area contributed by atoms with E-state index in [0.717, 1.165) is 21.5 Å². The summed E-state index contributed by atoms with van der Waals surface area (Å²) in [7, 11) is 3.59. The van der Waals surface area contributed by atoms with E-state index in [1.165, 1.54) is 0 Å². The van der Waals surface area contributed by atoms with Gasteiger partial charge >= 0.3 is 0 Å². The molecule has 0 radical (unpaired) electrons. The van der Waals surface area contributed by atoms with E-state index >= 15 is 0 Å². The third kappa shape index (κ3) is 2.53. The minimum absolute atomic E-state index is 0.0817. The molecule has 1 aromatic carbocycles. The van der Waals surface area contributed by atoms with Gasteiger partial charge in [-0.3, -0.25) is 0 Å². The maximum atomic E-state index is 5.27. The molecule has 4 heteroatoms. The molecule has 90 valence electrons. The lowest BCUT2D eigenvalue weighted by Crippen LogP contribution is -2.17. The molecule has 17 heavy (non-hydrogen) atoms. The summed E-state index contributed by atoms with van der Waals surface area (Å²) in [5, 5.41) is 3.27. The summed E-state index contributed by atoms with van der Waals surface area (Å²) in [5.74, 6) is 0.849. The van der Waals surface area contributed by atoms with E-state index in [-0.39, 0.29) is 6.04 Å². The highest BCUT2D eigenvalue weighted by Crippen LogP contribution is 2.30. The summed E-state index contributed by atoms with van der Waals surface area (Å²) in [6.45, 7) is 0. The number of hydrogen-bond donors (Lipinski definition) is 1. The van der Waals surface area contributed by atoms with E-state index in [4.69, 9.17) is 9.15 Å². The van der Waals surface area contributed by atoms with Crippen LogP contribution in [0.1, 0.15) is 17.2 Å². The molecule has 3 nitrogen and oxygen atoms in total. The molecule has 0 aliphatic rings. The van der Waals surface area contributed by atoms with Crippen LogP contribution in [-0.2, 0) is 0 Å². The highest BCUT2D eigenvalue weighted by molar-refractivity contribution is 9.10. The molecule has 2 aromatic rings. The SMILES string of the molecule is CNC(c1cccc(OC)c1)c1ccoc1Br. The van der Waals surface area contributed by atoms with Gasteiger partial charge in [0, 0.05) is 5.56 Å². The molecule has 0 aliphatic carbocycles. The van der Waals surface area contributed by atoms with E-state index in [0.29, 0.717) is 0 Å². The molecule has 0 aliphatic heterocycles. The predicted molar refractivity (Wildman–Crippen MR) is 70.3 cm³/mol. The second-order valence-electron chi connectivity index (χ2n) is 3.65. The summed E-state index contributed by atoms with van der Waals surface area (Å²) in [4.78, 5) is 0. The number of benzene rings is 1. The van der Waals surface area contributed by atoms with Gasteiger partial charge in [-0.25, -0.2) is 0 Å². The summed E-state index contributed by atoms with van der Waals surface area (Å²) in [6, 6.07) is 10.0. The Labute approximate surface area is 109 Å². The topological polar surface area (TPSA) is 34.4 Å². The van der Waals surface area contributed by atoms with Gasteiger partial charge < -0.3 is 14.5 Å². The van der Waals surface area contributed by atoms with Crippen LogP contribution in [0.15, 0.2) is 45.7 Å². The van der Waals surface area contributed by atoms with E-state index in [1.54, 1.807) is 13.4 Å². The standard InChI is InChI=1S/C13H14BrNO2/c1-15-12(11-6-7-17-13(11)14)9-4-3-5-10(8-9)16-2/h3-8,12,15H,1-2H3. The Bertz CT molecular complexity index is 496. The average molecular weight is 296 g/mol. The number of hydrogen-bond acceptors (Lipinski definition) is 3. The van der Waals surface area contributed by atoms with Crippen molar-refractivity contribution in [2.75, 3.05) is 14.2 Å². The molecule has 0 saturated carbocycles. The van der Waals surface area contributed by atoms with Crippen LogP contribution in [0.2, 0.25) is 0 Å². The summed E-state index contributed by atoms with van der Waals surface area (Å²) < 4.78 is 11.3. The van der Waals surface area contributed by atoms with Gasteiger partial charge in [0.2, 0.25) is 0 Å². The predicted octanol–water partition coefficient (Wildman–Crippen LogP) is 3.36. The maximum Gasteiger partial charge on any atom is 0.174 e. The van der Waals surface area contributed by atoms with Crippen LogP contribution in [0, 0.1) is 0 Å². The Morgan fingerprint density at radius 3 is 2.76 bits per heavy atom. The molecule has 1 atom stereocenters. The first-order chi connectivity index (χ1) is 8.26. The van der Waals surface area contributed by atoms with Gasteiger partial charge in [0.1, 0.15) is 5.75 Å². The molecule has 2 rings (SSSR count). The van der Waals surface area contributed by atoms with Crippen LogP contribution in [0.25, 0.3) is 0 Å². The average Bonchev–Trinajstić information content (AvgIpc) is 2.77. The first-order valence-electron chi connectivity index (χ1n) is 5.30. The second kappa shape index (κ2) is 5.38. The Morgan fingerprint density at radius 1 is 1.35 bits per heavy atom. The molecule has 0 amide bonds. The van der Waals surface area contributed by atoms with Crippen LogP contribution in [-0.4, -0.2) is 14.2 Å².